The third kappa shape index (κ3) is 6.05. The number of anilines is 3. The Kier molecular flexibility index (Phi) is 7.80. The minimum atomic E-state index is -0.496. The fraction of sp³-hybridized carbons (Fsp3) is 0.143. The van der Waals surface area contributed by atoms with Gasteiger partial charge in [-0.2, -0.15) is 0 Å². The monoisotopic (exact) mass is 558 g/mol. The SMILES string of the molecule is Cc1c(NC(=O)C(C)Sc2nnc(Nc3ccc(Oc4ccccc4)cc3)s2)c(=O)n(-c2ccccc2)n1C. The van der Waals surface area contributed by atoms with Crippen molar-refractivity contribution in [3.63, 3.8) is 0 Å². The van der Waals surface area contributed by atoms with Gasteiger partial charge in [0, 0.05) is 12.7 Å². The predicted molar refractivity (Wildman–Crippen MR) is 156 cm³/mol. The number of aromatic nitrogens is 4. The number of rotatable bonds is 9. The van der Waals surface area contributed by atoms with Crippen LogP contribution in [0.4, 0.5) is 16.5 Å². The summed E-state index contributed by atoms with van der Waals surface area (Å²) in [6, 6.07) is 26.4. The first-order valence-electron chi connectivity index (χ1n) is 12.1. The second-order valence-electron chi connectivity index (χ2n) is 8.62. The molecule has 0 fully saturated rings. The molecular weight excluding hydrogens is 532 g/mol. The van der Waals surface area contributed by atoms with Gasteiger partial charge in [0.1, 0.15) is 17.2 Å². The molecular formula is C28H26N6O3S2. The van der Waals surface area contributed by atoms with Gasteiger partial charge >= 0.3 is 0 Å². The van der Waals surface area contributed by atoms with Crippen LogP contribution in [0.1, 0.15) is 12.6 Å². The Morgan fingerprint density at radius 1 is 0.949 bits per heavy atom. The normalized spacial score (nSPS) is 11.7. The van der Waals surface area contributed by atoms with Gasteiger partial charge in [0.25, 0.3) is 5.56 Å². The third-order valence-electron chi connectivity index (χ3n) is 5.94. The number of ether oxygens (including phenoxy) is 1. The standard InChI is InChI=1S/C28H26N6O3S2/c1-18-24(26(36)34(33(18)3)21-10-6-4-7-11-21)30-25(35)19(2)38-28-32-31-27(39-28)29-20-14-16-23(17-15-20)37-22-12-8-5-9-13-22/h4-17,19H,1-3H3,(H,29,31)(H,30,35). The maximum atomic E-state index is 13.1. The van der Waals surface area contributed by atoms with E-state index in [2.05, 4.69) is 20.8 Å². The molecule has 1 unspecified atom stereocenters. The Bertz CT molecular complexity index is 1630. The number of thioether (sulfide) groups is 1. The van der Waals surface area contributed by atoms with Gasteiger partial charge in [0.05, 0.1) is 16.6 Å². The third-order valence-corrected chi connectivity index (χ3v) is 7.96. The molecule has 39 heavy (non-hydrogen) atoms. The van der Waals surface area contributed by atoms with Crippen molar-refractivity contribution >= 4 is 45.5 Å². The number of carbonyl (C=O) groups excluding carboxylic acids is 1. The quantitative estimate of drug-likeness (QED) is 0.214. The van der Waals surface area contributed by atoms with Crippen LogP contribution in [0.15, 0.2) is 94.1 Å². The smallest absolute Gasteiger partial charge is 0.295 e. The maximum Gasteiger partial charge on any atom is 0.295 e. The van der Waals surface area contributed by atoms with E-state index in [9.17, 15) is 9.59 Å². The average molecular weight is 559 g/mol. The van der Waals surface area contributed by atoms with Crippen molar-refractivity contribution in [3.05, 3.63) is 101 Å². The number of hydrogen-bond donors (Lipinski definition) is 2. The van der Waals surface area contributed by atoms with Gasteiger partial charge in [0.2, 0.25) is 11.0 Å². The number of para-hydroxylation sites is 2. The first-order chi connectivity index (χ1) is 18.9. The Labute approximate surface area is 233 Å². The van der Waals surface area contributed by atoms with E-state index in [0.717, 1.165) is 22.9 Å². The molecule has 5 rings (SSSR count). The van der Waals surface area contributed by atoms with Crippen LogP contribution in [0, 0.1) is 6.92 Å². The van der Waals surface area contributed by atoms with Crippen molar-refractivity contribution in [1.29, 1.82) is 0 Å². The summed E-state index contributed by atoms with van der Waals surface area (Å²) in [6.07, 6.45) is 0. The topological polar surface area (TPSA) is 103 Å². The van der Waals surface area contributed by atoms with E-state index >= 15 is 0 Å². The molecule has 198 valence electrons. The van der Waals surface area contributed by atoms with E-state index in [-0.39, 0.29) is 17.2 Å². The van der Waals surface area contributed by atoms with Gasteiger partial charge in [-0.25, -0.2) is 4.68 Å². The van der Waals surface area contributed by atoms with Crippen LogP contribution in [0.5, 0.6) is 11.5 Å². The van der Waals surface area contributed by atoms with Crippen LogP contribution in [0.2, 0.25) is 0 Å². The van der Waals surface area contributed by atoms with E-state index in [1.54, 1.807) is 25.6 Å². The molecule has 9 nitrogen and oxygen atoms in total. The molecule has 0 saturated carbocycles. The highest BCUT2D eigenvalue weighted by molar-refractivity contribution is 8.02. The molecule has 1 atom stereocenters. The molecule has 3 aromatic carbocycles. The highest BCUT2D eigenvalue weighted by atomic mass is 32.2. The molecule has 0 aliphatic rings. The van der Waals surface area contributed by atoms with Crippen LogP contribution in [0.3, 0.4) is 0 Å². The first kappa shape index (κ1) is 26.3. The van der Waals surface area contributed by atoms with Crippen molar-refractivity contribution in [2.24, 2.45) is 7.05 Å². The highest BCUT2D eigenvalue weighted by Crippen LogP contribution is 2.31. The molecule has 0 bridgehead atoms. The van der Waals surface area contributed by atoms with Crippen molar-refractivity contribution in [2.45, 2.75) is 23.4 Å². The number of nitrogens with one attached hydrogen (secondary N) is 2. The summed E-state index contributed by atoms with van der Waals surface area (Å²) in [5.41, 5.74) is 2.20. The maximum absolute atomic E-state index is 13.1. The van der Waals surface area contributed by atoms with Gasteiger partial charge in [-0.05, 0) is 62.4 Å². The zero-order valence-electron chi connectivity index (χ0n) is 21.5. The summed E-state index contributed by atoms with van der Waals surface area (Å²) < 4.78 is 9.72. The van der Waals surface area contributed by atoms with E-state index in [4.69, 9.17) is 4.74 Å². The Morgan fingerprint density at radius 3 is 2.28 bits per heavy atom. The van der Waals surface area contributed by atoms with Crippen LogP contribution < -0.4 is 20.9 Å². The van der Waals surface area contributed by atoms with Crippen LogP contribution in [-0.2, 0) is 11.8 Å². The lowest BCUT2D eigenvalue weighted by Gasteiger charge is -2.09. The Hall–Kier alpha value is -4.35. The zero-order valence-corrected chi connectivity index (χ0v) is 23.1. The predicted octanol–water partition coefficient (Wildman–Crippen LogP) is 5.99. The molecule has 0 radical (unpaired) electrons. The largest absolute Gasteiger partial charge is 0.457 e. The van der Waals surface area contributed by atoms with Crippen LogP contribution in [-0.4, -0.2) is 30.7 Å². The van der Waals surface area contributed by atoms with Crippen molar-refractivity contribution in [2.75, 3.05) is 10.6 Å². The Morgan fingerprint density at radius 2 is 1.59 bits per heavy atom. The van der Waals surface area contributed by atoms with E-state index in [0.29, 0.717) is 15.2 Å². The summed E-state index contributed by atoms with van der Waals surface area (Å²) >= 11 is 2.63. The summed E-state index contributed by atoms with van der Waals surface area (Å²) in [5, 5.41) is 14.5. The molecule has 5 aromatic rings. The number of nitrogens with zero attached hydrogens (tertiary/aromatic N) is 4. The summed E-state index contributed by atoms with van der Waals surface area (Å²) in [4.78, 5) is 26.1. The molecule has 1 amide bonds. The van der Waals surface area contributed by atoms with Crippen LogP contribution in [0.25, 0.3) is 5.69 Å². The minimum Gasteiger partial charge on any atom is -0.457 e. The van der Waals surface area contributed by atoms with E-state index < -0.39 is 5.25 Å². The number of amides is 1. The average Bonchev–Trinajstić information content (AvgIpc) is 3.47. The molecule has 0 saturated heterocycles. The lowest BCUT2D eigenvalue weighted by Crippen LogP contribution is -2.27. The van der Waals surface area contributed by atoms with Crippen molar-refractivity contribution < 1.29 is 9.53 Å². The van der Waals surface area contributed by atoms with Crippen LogP contribution >= 0.6 is 23.1 Å². The summed E-state index contributed by atoms with van der Waals surface area (Å²) in [6.45, 7) is 3.57. The zero-order chi connectivity index (χ0) is 27.4. The number of hydrogen-bond acceptors (Lipinski definition) is 8. The van der Waals surface area contributed by atoms with Crippen molar-refractivity contribution in [1.82, 2.24) is 19.6 Å². The summed E-state index contributed by atoms with van der Waals surface area (Å²) in [7, 11) is 1.79. The first-order valence-corrected chi connectivity index (χ1v) is 13.8. The number of benzene rings is 3. The minimum absolute atomic E-state index is 0.262. The van der Waals surface area contributed by atoms with Gasteiger partial charge in [-0.15, -0.1) is 10.2 Å². The fourth-order valence-corrected chi connectivity index (χ4v) is 5.72. The molecule has 0 aliphatic carbocycles. The molecule has 2 N–H and O–H groups in total. The second kappa shape index (κ2) is 11.6. The Balaban J connectivity index is 1.20. The lowest BCUT2D eigenvalue weighted by atomic mass is 10.3. The molecule has 0 aliphatic heterocycles. The summed E-state index contributed by atoms with van der Waals surface area (Å²) in [5.74, 6) is 1.21. The highest BCUT2D eigenvalue weighted by Gasteiger charge is 2.22. The van der Waals surface area contributed by atoms with E-state index in [1.807, 2.05) is 84.9 Å². The fourth-order valence-electron chi connectivity index (χ4n) is 3.80. The number of carbonyl (C=O) groups is 1. The van der Waals surface area contributed by atoms with Gasteiger partial charge in [-0.3, -0.25) is 14.3 Å². The van der Waals surface area contributed by atoms with Gasteiger partial charge in [-0.1, -0.05) is 59.5 Å². The van der Waals surface area contributed by atoms with Gasteiger partial charge in [0.15, 0.2) is 4.34 Å². The molecule has 11 heteroatoms. The van der Waals surface area contributed by atoms with E-state index in [1.165, 1.54) is 27.8 Å². The van der Waals surface area contributed by atoms with Gasteiger partial charge < -0.3 is 15.4 Å². The second-order valence-corrected chi connectivity index (χ2v) is 11.2. The molecule has 2 aromatic heterocycles. The lowest BCUT2D eigenvalue weighted by molar-refractivity contribution is -0.115. The molecule has 2 heterocycles. The van der Waals surface area contributed by atoms with Crippen molar-refractivity contribution in [3.8, 4) is 17.2 Å². The molecule has 0 spiro atoms.